The van der Waals surface area contributed by atoms with Gasteiger partial charge in [0.2, 0.25) is 0 Å². The molecule has 1 atom stereocenters. The second-order valence-electron chi connectivity index (χ2n) is 7.33. The first-order valence-electron chi connectivity index (χ1n) is 8.62. The van der Waals surface area contributed by atoms with Crippen LogP contribution < -0.4 is 4.74 Å². The highest BCUT2D eigenvalue weighted by molar-refractivity contribution is 5.53. The molecule has 1 heterocycles. The van der Waals surface area contributed by atoms with Gasteiger partial charge in [0.05, 0.1) is 5.60 Å². The molecule has 0 amide bonds. The van der Waals surface area contributed by atoms with Gasteiger partial charge in [-0.3, -0.25) is 0 Å². The Morgan fingerprint density at radius 1 is 1.12 bits per heavy atom. The van der Waals surface area contributed by atoms with E-state index in [0.29, 0.717) is 19.0 Å². The molecule has 0 bridgehead atoms. The van der Waals surface area contributed by atoms with Crippen LogP contribution in [0.4, 0.5) is 0 Å². The van der Waals surface area contributed by atoms with Gasteiger partial charge in [0, 0.05) is 18.1 Å². The van der Waals surface area contributed by atoms with Gasteiger partial charge in [-0.15, -0.1) is 0 Å². The zero-order chi connectivity index (χ0) is 17.2. The standard InChI is InChI=1S/C21H26O3/c1-21(2,3)24-13-7-10-17-16-9-5-4-8-15(16)14-23-19-12-6-11-18(22)20(17)19/h4-6,8-9,11-12,17,22H,7,10,13-14H2,1-3H3. The summed E-state index contributed by atoms with van der Waals surface area (Å²) >= 11 is 0. The monoisotopic (exact) mass is 326 g/mol. The Balaban J connectivity index is 1.88. The molecule has 128 valence electrons. The molecule has 24 heavy (non-hydrogen) atoms. The molecule has 1 unspecified atom stereocenters. The summed E-state index contributed by atoms with van der Waals surface area (Å²) in [4.78, 5) is 0. The second-order valence-corrected chi connectivity index (χ2v) is 7.33. The molecule has 0 radical (unpaired) electrons. The number of hydrogen-bond acceptors (Lipinski definition) is 3. The molecular formula is C21H26O3. The van der Waals surface area contributed by atoms with E-state index in [9.17, 15) is 5.11 Å². The molecule has 2 aromatic carbocycles. The first-order chi connectivity index (χ1) is 11.5. The summed E-state index contributed by atoms with van der Waals surface area (Å²) < 4.78 is 11.8. The van der Waals surface area contributed by atoms with Crippen molar-refractivity contribution in [2.24, 2.45) is 0 Å². The lowest BCUT2D eigenvalue weighted by atomic mass is 9.84. The molecule has 0 saturated carbocycles. The van der Waals surface area contributed by atoms with E-state index in [-0.39, 0.29) is 11.5 Å². The SMILES string of the molecule is CC(C)(C)OCCCC1c2ccccc2COc2cccc(O)c21. The van der Waals surface area contributed by atoms with Crippen molar-refractivity contribution in [3.05, 3.63) is 59.2 Å². The molecule has 0 aromatic heterocycles. The summed E-state index contributed by atoms with van der Waals surface area (Å²) in [5.74, 6) is 1.22. The lowest BCUT2D eigenvalue weighted by Crippen LogP contribution is -2.20. The predicted molar refractivity (Wildman–Crippen MR) is 95.7 cm³/mol. The Labute approximate surface area is 144 Å². The van der Waals surface area contributed by atoms with Gasteiger partial charge >= 0.3 is 0 Å². The minimum atomic E-state index is -0.121. The Bertz CT molecular complexity index is 700. The fourth-order valence-corrected chi connectivity index (χ4v) is 3.29. The summed E-state index contributed by atoms with van der Waals surface area (Å²) in [5, 5.41) is 10.5. The highest BCUT2D eigenvalue weighted by Gasteiger charge is 2.27. The fourth-order valence-electron chi connectivity index (χ4n) is 3.29. The van der Waals surface area contributed by atoms with Crippen molar-refractivity contribution in [1.29, 1.82) is 0 Å². The van der Waals surface area contributed by atoms with E-state index in [0.717, 1.165) is 24.2 Å². The van der Waals surface area contributed by atoms with E-state index >= 15 is 0 Å². The molecule has 0 saturated heterocycles. The van der Waals surface area contributed by atoms with Gasteiger partial charge in [-0.2, -0.15) is 0 Å². The maximum Gasteiger partial charge on any atom is 0.127 e. The Morgan fingerprint density at radius 3 is 2.71 bits per heavy atom. The molecule has 1 aliphatic heterocycles. The van der Waals surface area contributed by atoms with Crippen LogP contribution in [0.25, 0.3) is 0 Å². The third kappa shape index (κ3) is 3.73. The third-order valence-electron chi connectivity index (χ3n) is 4.38. The van der Waals surface area contributed by atoms with E-state index in [1.807, 2.05) is 18.2 Å². The van der Waals surface area contributed by atoms with Crippen LogP contribution in [0.3, 0.4) is 0 Å². The molecule has 2 aromatic rings. The lowest BCUT2D eigenvalue weighted by molar-refractivity contribution is -0.00489. The van der Waals surface area contributed by atoms with Gasteiger partial charge in [-0.1, -0.05) is 30.3 Å². The van der Waals surface area contributed by atoms with Gasteiger partial charge in [0.1, 0.15) is 18.1 Å². The maximum atomic E-state index is 10.5. The summed E-state index contributed by atoms with van der Waals surface area (Å²) in [6, 6.07) is 13.9. The van der Waals surface area contributed by atoms with E-state index in [1.165, 1.54) is 11.1 Å². The number of fused-ring (bicyclic) bond motifs is 2. The summed E-state index contributed by atoms with van der Waals surface area (Å²) in [6.07, 6.45) is 1.85. The zero-order valence-electron chi connectivity index (χ0n) is 14.7. The number of phenols is 1. The van der Waals surface area contributed by atoms with E-state index < -0.39 is 0 Å². The van der Waals surface area contributed by atoms with Crippen molar-refractivity contribution in [2.75, 3.05) is 6.61 Å². The first-order valence-corrected chi connectivity index (χ1v) is 8.62. The molecule has 1 aliphatic rings. The maximum absolute atomic E-state index is 10.5. The average Bonchev–Trinajstić information content (AvgIpc) is 2.69. The number of aromatic hydroxyl groups is 1. The van der Waals surface area contributed by atoms with Crippen LogP contribution in [0.2, 0.25) is 0 Å². The van der Waals surface area contributed by atoms with Crippen molar-refractivity contribution in [2.45, 2.75) is 51.7 Å². The zero-order valence-corrected chi connectivity index (χ0v) is 14.7. The topological polar surface area (TPSA) is 38.7 Å². The van der Waals surface area contributed by atoms with Crippen molar-refractivity contribution >= 4 is 0 Å². The number of hydrogen-bond donors (Lipinski definition) is 1. The third-order valence-corrected chi connectivity index (χ3v) is 4.38. The normalized spacial score (nSPS) is 16.7. The van der Waals surface area contributed by atoms with Gasteiger partial charge in [0.25, 0.3) is 0 Å². The summed E-state index contributed by atoms with van der Waals surface area (Å²) in [7, 11) is 0. The highest BCUT2D eigenvalue weighted by atomic mass is 16.5. The number of ether oxygens (including phenoxy) is 2. The summed E-state index contributed by atoms with van der Waals surface area (Å²) in [5.41, 5.74) is 3.21. The number of benzene rings is 2. The molecule has 0 spiro atoms. The van der Waals surface area contributed by atoms with Crippen LogP contribution in [0, 0.1) is 0 Å². The molecule has 0 aliphatic carbocycles. The smallest absolute Gasteiger partial charge is 0.127 e. The predicted octanol–water partition coefficient (Wildman–Crippen LogP) is 5.01. The Kier molecular flexibility index (Phi) is 4.81. The van der Waals surface area contributed by atoms with Crippen LogP contribution in [-0.2, 0) is 11.3 Å². The Morgan fingerprint density at radius 2 is 1.92 bits per heavy atom. The van der Waals surface area contributed by atoms with E-state index in [4.69, 9.17) is 9.47 Å². The minimum absolute atomic E-state index is 0.121. The van der Waals surface area contributed by atoms with Gasteiger partial charge < -0.3 is 14.6 Å². The molecule has 1 N–H and O–H groups in total. The Hall–Kier alpha value is -2.00. The number of rotatable bonds is 4. The minimum Gasteiger partial charge on any atom is -0.508 e. The van der Waals surface area contributed by atoms with Crippen LogP contribution in [-0.4, -0.2) is 17.3 Å². The number of phenolic OH excluding ortho intramolecular Hbond substituents is 1. The first kappa shape index (κ1) is 16.8. The van der Waals surface area contributed by atoms with Crippen molar-refractivity contribution in [1.82, 2.24) is 0 Å². The summed E-state index contributed by atoms with van der Waals surface area (Å²) in [6.45, 7) is 7.47. The van der Waals surface area contributed by atoms with Gasteiger partial charge in [-0.25, -0.2) is 0 Å². The molecule has 3 rings (SSSR count). The van der Waals surface area contributed by atoms with E-state index in [2.05, 4.69) is 39.0 Å². The molecule has 3 nitrogen and oxygen atoms in total. The van der Waals surface area contributed by atoms with Gasteiger partial charge in [-0.05, 0) is 56.9 Å². The van der Waals surface area contributed by atoms with Crippen LogP contribution in [0.15, 0.2) is 42.5 Å². The van der Waals surface area contributed by atoms with Crippen LogP contribution in [0.5, 0.6) is 11.5 Å². The highest BCUT2D eigenvalue weighted by Crippen LogP contribution is 2.44. The second kappa shape index (κ2) is 6.86. The van der Waals surface area contributed by atoms with Crippen molar-refractivity contribution in [3.8, 4) is 11.5 Å². The van der Waals surface area contributed by atoms with Crippen molar-refractivity contribution in [3.63, 3.8) is 0 Å². The fraction of sp³-hybridized carbons (Fsp3) is 0.429. The van der Waals surface area contributed by atoms with Crippen molar-refractivity contribution < 1.29 is 14.6 Å². The largest absolute Gasteiger partial charge is 0.508 e. The molecule has 3 heteroatoms. The quantitative estimate of drug-likeness (QED) is 0.803. The lowest BCUT2D eigenvalue weighted by Gasteiger charge is -2.22. The van der Waals surface area contributed by atoms with Crippen LogP contribution in [0.1, 0.15) is 56.2 Å². The van der Waals surface area contributed by atoms with Crippen LogP contribution >= 0.6 is 0 Å². The van der Waals surface area contributed by atoms with E-state index in [1.54, 1.807) is 6.07 Å². The molecule has 0 fully saturated rings. The van der Waals surface area contributed by atoms with Gasteiger partial charge in [0.15, 0.2) is 0 Å². The molecular weight excluding hydrogens is 300 g/mol. The average molecular weight is 326 g/mol.